The molecular weight excluding hydrogens is 493 g/mol. The van der Waals surface area contributed by atoms with E-state index in [0.29, 0.717) is 13.1 Å². The lowest BCUT2D eigenvalue weighted by Crippen LogP contribution is -2.36. The quantitative estimate of drug-likeness (QED) is 0.278. The lowest BCUT2D eigenvalue weighted by atomic mass is 10.2. The number of methoxy groups -OCH3 is 2. The minimum atomic E-state index is 0. The second kappa shape index (κ2) is 13.9. The number of anilines is 1. The fraction of sp³-hybridized carbons (Fsp3) is 0.455. The highest BCUT2D eigenvalue weighted by Crippen LogP contribution is 2.24. The van der Waals surface area contributed by atoms with Crippen LogP contribution in [0.1, 0.15) is 31.9 Å². The molecule has 0 spiro atoms. The van der Waals surface area contributed by atoms with Crippen LogP contribution in [0.4, 0.5) is 5.82 Å². The van der Waals surface area contributed by atoms with Crippen LogP contribution >= 0.6 is 24.0 Å². The fourth-order valence-electron chi connectivity index (χ4n) is 2.93. The molecule has 8 heteroatoms. The second-order valence-corrected chi connectivity index (χ2v) is 6.42. The number of halogens is 1. The van der Waals surface area contributed by atoms with Crippen molar-refractivity contribution in [2.45, 2.75) is 33.9 Å². The lowest BCUT2D eigenvalue weighted by molar-refractivity contribution is 0.390. The summed E-state index contributed by atoms with van der Waals surface area (Å²) in [6.45, 7) is 10.1. The summed E-state index contributed by atoms with van der Waals surface area (Å²) in [4.78, 5) is 11.5. The number of guanidine groups is 1. The average Bonchev–Trinajstić information content (AvgIpc) is 2.77. The van der Waals surface area contributed by atoms with Crippen LogP contribution in [0.5, 0.6) is 11.5 Å². The molecule has 166 valence electrons. The Kier molecular flexibility index (Phi) is 12.0. The Bertz CT molecular complexity index is 780. The highest BCUT2D eigenvalue weighted by Gasteiger charge is 2.07. The first-order valence-electron chi connectivity index (χ1n) is 10.1. The van der Waals surface area contributed by atoms with Crippen LogP contribution in [0.25, 0.3) is 0 Å². The summed E-state index contributed by atoms with van der Waals surface area (Å²) in [5.41, 5.74) is 2.10. The molecule has 1 aromatic heterocycles. The van der Waals surface area contributed by atoms with Crippen LogP contribution in [-0.2, 0) is 13.1 Å². The number of aliphatic imine (C=N–C) groups is 1. The maximum atomic E-state index is 5.47. The molecule has 30 heavy (non-hydrogen) atoms. The SMILES string of the molecule is CCNC(=NCc1ccc(N(CC)CC)nc1)NCc1ccc(OC)cc1OC.I. The van der Waals surface area contributed by atoms with E-state index >= 15 is 0 Å². The fourth-order valence-corrected chi connectivity index (χ4v) is 2.93. The van der Waals surface area contributed by atoms with Crippen molar-refractivity contribution in [3.63, 3.8) is 0 Å². The van der Waals surface area contributed by atoms with Crippen molar-refractivity contribution in [1.29, 1.82) is 0 Å². The number of nitrogens with one attached hydrogen (secondary N) is 2. The van der Waals surface area contributed by atoms with E-state index in [1.54, 1.807) is 14.2 Å². The number of rotatable bonds is 10. The summed E-state index contributed by atoms with van der Waals surface area (Å²) in [7, 11) is 3.30. The number of pyridine rings is 1. The van der Waals surface area contributed by atoms with Crippen molar-refractivity contribution >= 4 is 35.8 Å². The number of nitrogens with zero attached hydrogens (tertiary/aromatic N) is 3. The number of hydrogen-bond donors (Lipinski definition) is 2. The van der Waals surface area contributed by atoms with Crippen molar-refractivity contribution in [2.24, 2.45) is 4.99 Å². The van der Waals surface area contributed by atoms with Crippen LogP contribution in [0.15, 0.2) is 41.5 Å². The molecule has 0 aliphatic rings. The minimum absolute atomic E-state index is 0. The molecule has 0 saturated heterocycles. The van der Waals surface area contributed by atoms with Gasteiger partial charge in [0.2, 0.25) is 0 Å². The van der Waals surface area contributed by atoms with Crippen LogP contribution in [0.2, 0.25) is 0 Å². The molecule has 2 aromatic rings. The van der Waals surface area contributed by atoms with Crippen molar-refractivity contribution in [3.05, 3.63) is 47.7 Å². The van der Waals surface area contributed by atoms with E-state index < -0.39 is 0 Å². The topological polar surface area (TPSA) is 71.0 Å². The van der Waals surface area contributed by atoms with Gasteiger partial charge in [-0.25, -0.2) is 9.98 Å². The summed E-state index contributed by atoms with van der Waals surface area (Å²) in [6.07, 6.45) is 1.90. The number of aromatic nitrogens is 1. The average molecular weight is 527 g/mol. The van der Waals surface area contributed by atoms with Gasteiger partial charge in [-0.1, -0.05) is 6.07 Å². The van der Waals surface area contributed by atoms with Crippen LogP contribution in [0, 0.1) is 0 Å². The van der Waals surface area contributed by atoms with Gasteiger partial charge < -0.3 is 25.0 Å². The maximum Gasteiger partial charge on any atom is 0.191 e. The molecule has 2 rings (SSSR count). The summed E-state index contributed by atoms with van der Waals surface area (Å²) < 4.78 is 10.7. The second-order valence-electron chi connectivity index (χ2n) is 6.42. The van der Waals surface area contributed by atoms with Gasteiger partial charge in [-0.05, 0) is 44.5 Å². The number of hydrogen-bond acceptors (Lipinski definition) is 5. The van der Waals surface area contributed by atoms with E-state index in [0.717, 1.165) is 54.0 Å². The smallest absolute Gasteiger partial charge is 0.191 e. The molecule has 2 N–H and O–H groups in total. The summed E-state index contributed by atoms with van der Waals surface area (Å²) in [6, 6.07) is 9.93. The Hall–Kier alpha value is -2.23. The van der Waals surface area contributed by atoms with Gasteiger partial charge >= 0.3 is 0 Å². The summed E-state index contributed by atoms with van der Waals surface area (Å²) in [5, 5.41) is 6.63. The highest BCUT2D eigenvalue weighted by molar-refractivity contribution is 14.0. The Morgan fingerprint density at radius 2 is 1.80 bits per heavy atom. The molecule has 0 fully saturated rings. The molecule has 0 aliphatic carbocycles. The van der Waals surface area contributed by atoms with Gasteiger partial charge in [-0.3, -0.25) is 0 Å². The lowest BCUT2D eigenvalue weighted by Gasteiger charge is -2.19. The molecule has 1 aromatic carbocycles. The standard InChI is InChI=1S/C22H33N5O2.HI/c1-6-23-22(26-16-18-10-11-19(28-4)13-20(18)29-5)25-15-17-9-12-21(24-14-17)27(7-2)8-3;/h9-14H,6-8,15-16H2,1-5H3,(H2,23,25,26);1H. The van der Waals surface area contributed by atoms with Gasteiger partial charge in [-0.2, -0.15) is 0 Å². The van der Waals surface area contributed by atoms with Crippen molar-refractivity contribution in [2.75, 3.05) is 38.8 Å². The Morgan fingerprint density at radius 3 is 2.37 bits per heavy atom. The summed E-state index contributed by atoms with van der Waals surface area (Å²) in [5.74, 6) is 3.30. The van der Waals surface area contributed by atoms with E-state index in [2.05, 4.69) is 51.5 Å². The first-order chi connectivity index (χ1) is 14.1. The zero-order chi connectivity index (χ0) is 21.1. The largest absolute Gasteiger partial charge is 0.497 e. The van der Waals surface area contributed by atoms with Crippen molar-refractivity contribution in [3.8, 4) is 11.5 Å². The Morgan fingerprint density at radius 1 is 1.03 bits per heavy atom. The van der Waals surface area contributed by atoms with Gasteiger partial charge in [0.05, 0.1) is 20.8 Å². The maximum absolute atomic E-state index is 5.47. The zero-order valence-corrected chi connectivity index (χ0v) is 20.9. The van der Waals surface area contributed by atoms with Gasteiger partial charge in [0.25, 0.3) is 0 Å². The van der Waals surface area contributed by atoms with E-state index in [-0.39, 0.29) is 24.0 Å². The van der Waals surface area contributed by atoms with Gasteiger partial charge in [0.15, 0.2) is 5.96 Å². The third-order valence-corrected chi connectivity index (χ3v) is 4.60. The third kappa shape index (κ3) is 7.55. The molecule has 7 nitrogen and oxygen atoms in total. The first kappa shape index (κ1) is 25.8. The molecule has 0 unspecified atom stereocenters. The monoisotopic (exact) mass is 527 g/mol. The molecule has 0 bridgehead atoms. The number of ether oxygens (including phenoxy) is 2. The van der Waals surface area contributed by atoms with E-state index in [1.165, 1.54) is 0 Å². The minimum Gasteiger partial charge on any atom is -0.497 e. The zero-order valence-electron chi connectivity index (χ0n) is 18.6. The van der Waals surface area contributed by atoms with E-state index in [1.807, 2.05) is 31.3 Å². The highest BCUT2D eigenvalue weighted by atomic mass is 127. The molecule has 0 saturated carbocycles. The van der Waals surface area contributed by atoms with Gasteiger partial charge in [-0.15, -0.1) is 24.0 Å². The first-order valence-corrected chi connectivity index (χ1v) is 10.1. The molecule has 0 aliphatic heterocycles. The Labute approximate surface area is 197 Å². The molecule has 0 amide bonds. The number of benzene rings is 1. The molecule has 0 radical (unpaired) electrons. The molecule has 0 atom stereocenters. The van der Waals surface area contributed by atoms with E-state index in [9.17, 15) is 0 Å². The van der Waals surface area contributed by atoms with Crippen LogP contribution in [-0.4, -0.2) is 44.8 Å². The summed E-state index contributed by atoms with van der Waals surface area (Å²) >= 11 is 0. The molecule has 1 heterocycles. The van der Waals surface area contributed by atoms with Crippen LogP contribution in [0.3, 0.4) is 0 Å². The Balaban J connectivity index is 0.00000450. The normalized spacial score (nSPS) is 10.8. The predicted molar refractivity (Wildman–Crippen MR) is 134 cm³/mol. The predicted octanol–water partition coefficient (Wildman–Crippen LogP) is 3.82. The van der Waals surface area contributed by atoms with E-state index in [4.69, 9.17) is 9.47 Å². The molecular formula is C22H34IN5O2. The van der Waals surface area contributed by atoms with Crippen molar-refractivity contribution in [1.82, 2.24) is 15.6 Å². The van der Waals surface area contributed by atoms with Crippen LogP contribution < -0.4 is 25.0 Å². The van der Waals surface area contributed by atoms with Gasteiger partial charge in [0.1, 0.15) is 17.3 Å². The third-order valence-electron chi connectivity index (χ3n) is 4.60. The van der Waals surface area contributed by atoms with Crippen molar-refractivity contribution < 1.29 is 9.47 Å². The van der Waals surface area contributed by atoms with Gasteiger partial charge in [0, 0.05) is 44.0 Å².